The van der Waals surface area contributed by atoms with Crippen molar-refractivity contribution in [1.82, 2.24) is 0 Å². The van der Waals surface area contributed by atoms with Crippen LogP contribution in [-0.2, 0) is 14.4 Å². The summed E-state index contributed by atoms with van der Waals surface area (Å²) in [5.74, 6) is -0.390. The predicted octanol–water partition coefficient (Wildman–Crippen LogP) is 2.37. The largest absolute Gasteiger partial charge is 0.464 e. The fourth-order valence-electron chi connectivity index (χ4n) is 1.04. The molecule has 1 aromatic rings. The van der Waals surface area contributed by atoms with E-state index in [9.17, 15) is 4.79 Å². The van der Waals surface area contributed by atoms with Gasteiger partial charge in [0.25, 0.3) is 0 Å². The molecule has 88 valence electrons. The molecule has 0 aliphatic rings. The second-order valence-electron chi connectivity index (χ2n) is 3.80. The average molecular weight is 223 g/mol. The van der Waals surface area contributed by atoms with Gasteiger partial charge in [0, 0.05) is 0 Å². The van der Waals surface area contributed by atoms with Crippen LogP contribution in [0.1, 0.15) is 20.8 Å². The number of carbonyl (C=O) groups excluding carboxylic acids is 1. The molecule has 0 saturated carbocycles. The average Bonchev–Trinajstić information content (AvgIpc) is 2.28. The Hall–Kier alpha value is -1.55. The first-order chi connectivity index (χ1) is 7.56. The van der Waals surface area contributed by atoms with Crippen molar-refractivity contribution in [3.8, 4) is 0 Å². The van der Waals surface area contributed by atoms with Crippen molar-refractivity contribution < 1.29 is 14.4 Å². The molecule has 0 atom stereocenters. The molecule has 4 heteroatoms. The van der Waals surface area contributed by atoms with Crippen molar-refractivity contribution in [2.75, 3.05) is 12.1 Å². The third-order valence-corrected chi connectivity index (χ3v) is 1.96. The first-order valence-electron chi connectivity index (χ1n) is 5.22. The molecule has 4 nitrogen and oxygen atoms in total. The number of nitrogens with one attached hydrogen (secondary N) is 1. The van der Waals surface area contributed by atoms with Crippen molar-refractivity contribution >= 4 is 11.7 Å². The van der Waals surface area contributed by atoms with Gasteiger partial charge in [0.2, 0.25) is 0 Å². The quantitative estimate of drug-likeness (QED) is 0.615. The highest BCUT2D eigenvalue weighted by Gasteiger charge is 2.31. The highest BCUT2D eigenvalue weighted by atomic mass is 16.7. The van der Waals surface area contributed by atoms with Gasteiger partial charge >= 0.3 is 5.97 Å². The van der Waals surface area contributed by atoms with Crippen molar-refractivity contribution in [3.05, 3.63) is 30.3 Å². The van der Waals surface area contributed by atoms with Crippen LogP contribution in [0.5, 0.6) is 0 Å². The highest BCUT2D eigenvalue weighted by Crippen LogP contribution is 2.14. The molecule has 0 unspecified atom stereocenters. The van der Waals surface area contributed by atoms with Crippen LogP contribution in [-0.4, -0.2) is 18.2 Å². The molecule has 1 N–H and O–H groups in total. The molecule has 0 aliphatic carbocycles. The van der Waals surface area contributed by atoms with Crippen LogP contribution < -0.4 is 5.48 Å². The number of ether oxygens (including phenoxy) is 1. The first-order valence-corrected chi connectivity index (χ1v) is 5.22. The number of benzene rings is 1. The van der Waals surface area contributed by atoms with Gasteiger partial charge in [0.15, 0.2) is 5.60 Å². The van der Waals surface area contributed by atoms with Gasteiger partial charge < -0.3 is 4.74 Å². The first kappa shape index (κ1) is 12.5. The summed E-state index contributed by atoms with van der Waals surface area (Å²) in [7, 11) is 0. The lowest BCUT2D eigenvalue weighted by Gasteiger charge is -2.22. The maximum atomic E-state index is 11.5. The Bertz CT molecular complexity index is 335. The Kier molecular flexibility index (Phi) is 4.31. The molecule has 0 amide bonds. The van der Waals surface area contributed by atoms with E-state index in [2.05, 4.69) is 5.48 Å². The van der Waals surface area contributed by atoms with Gasteiger partial charge in [0.1, 0.15) is 0 Å². The van der Waals surface area contributed by atoms with Crippen molar-refractivity contribution in [3.63, 3.8) is 0 Å². The van der Waals surface area contributed by atoms with Gasteiger partial charge in [-0.15, -0.1) is 0 Å². The SMILES string of the molecule is CCOC(=O)C(C)(C)ONc1ccccc1. The van der Waals surface area contributed by atoms with Crippen LogP contribution in [0.25, 0.3) is 0 Å². The van der Waals surface area contributed by atoms with Crippen LogP contribution >= 0.6 is 0 Å². The van der Waals surface area contributed by atoms with E-state index in [0.717, 1.165) is 5.69 Å². The number of carbonyl (C=O) groups is 1. The van der Waals surface area contributed by atoms with E-state index in [4.69, 9.17) is 9.57 Å². The number of hydrogen-bond donors (Lipinski definition) is 1. The molecule has 1 rings (SSSR count). The maximum absolute atomic E-state index is 11.5. The molecular weight excluding hydrogens is 206 g/mol. The van der Waals surface area contributed by atoms with Gasteiger partial charge in [-0.3, -0.25) is 10.3 Å². The van der Waals surface area contributed by atoms with Crippen molar-refractivity contribution in [2.45, 2.75) is 26.4 Å². The van der Waals surface area contributed by atoms with Gasteiger partial charge in [-0.05, 0) is 32.9 Å². The Morgan fingerprint density at radius 1 is 1.31 bits per heavy atom. The fraction of sp³-hybridized carbons (Fsp3) is 0.417. The molecule has 0 spiro atoms. The Labute approximate surface area is 95.5 Å². The van der Waals surface area contributed by atoms with Gasteiger partial charge in [0.05, 0.1) is 12.3 Å². The zero-order valence-electron chi connectivity index (χ0n) is 9.82. The molecule has 0 radical (unpaired) electrons. The number of rotatable bonds is 5. The zero-order valence-corrected chi connectivity index (χ0v) is 9.82. The molecule has 0 heterocycles. The van der Waals surface area contributed by atoms with E-state index >= 15 is 0 Å². The number of hydrogen-bond acceptors (Lipinski definition) is 4. The summed E-state index contributed by atoms with van der Waals surface area (Å²) < 4.78 is 4.89. The minimum Gasteiger partial charge on any atom is -0.464 e. The molecule has 1 aromatic carbocycles. The Morgan fingerprint density at radius 2 is 1.94 bits per heavy atom. The standard InChI is InChI=1S/C12H17NO3/c1-4-15-11(14)12(2,3)16-13-10-8-6-5-7-9-10/h5-9,13H,4H2,1-3H3. The fourth-order valence-corrected chi connectivity index (χ4v) is 1.04. The molecular formula is C12H17NO3. The van der Waals surface area contributed by atoms with E-state index in [-0.39, 0.29) is 0 Å². The smallest absolute Gasteiger partial charge is 0.340 e. The lowest BCUT2D eigenvalue weighted by molar-refractivity contribution is -0.164. The Morgan fingerprint density at radius 3 is 2.50 bits per heavy atom. The molecule has 0 saturated heterocycles. The number of esters is 1. The molecule has 16 heavy (non-hydrogen) atoms. The summed E-state index contributed by atoms with van der Waals surface area (Å²) in [6.07, 6.45) is 0. The highest BCUT2D eigenvalue weighted by molar-refractivity contribution is 5.78. The van der Waals surface area contributed by atoms with Gasteiger partial charge in [-0.1, -0.05) is 18.2 Å². The van der Waals surface area contributed by atoms with Crippen LogP contribution in [0.2, 0.25) is 0 Å². The van der Waals surface area contributed by atoms with Gasteiger partial charge in [-0.25, -0.2) is 4.79 Å². The normalized spacial score (nSPS) is 10.9. The number of anilines is 1. The Balaban J connectivity index is 2.51. The van der Waals surface area contributed by atoms with Crippen molar-refractivity contribution in [1.29, 1.82) is 0 Å². The summed E-state index contributed by atoms with van der Waals surface area (Å²) in [4.78, 5) is 16.8. The van der Waals surface area contributed by atoms with E-state index in [1.807, 2.05) is 30.3 Å². The summed E-state index contributed by atoms with van der Waals surface area (Å²) in [5, 5.41) is 0. The van der Waals surface area contributed by atoms with Crippen LogP contribution in [0.15, 0.2) is 30.3 Å². The van der Waals surface area contributed by atoms with Crippen LogP contribution in [0, 0.1) is 0 Å². The maximum Gasteiger partial charge on any atom is 0.340 e. The third kappa shape index (κ3) is 3.55. The zero-order chi connectivity index (χ0) is 12.0. The summed E-state index contributed by atoms with van der Waals surface area (Å²) >= 11 is 0. The van der Waals surface area contributed by atoms with Gasteiger partial charge in [-0.2, -0.15) is 0 Å². The van der Waals surface area contributed by atoms with Crippen LogP contribution in [0.4, 0.5) is 5.69 Å². The lowest BCUT2D eigenvalue weighted by Crippen LogP contribution is -2.38. The van der Waals surface area contributed by atoms with E-state index < -0.39 is 11.6 Å². The monoisotopic (exact) mass is 223 g/mol. The van der Waals surface area contributed by atoms with Crippen molar-refractivity contribution in [2.24, 2.45) is 0 Å². The summed E-state index contributed by atoms with van der Waals surface area (Å²) in [6, 6.07) is 9.36. The second kappa shape index (κ2) is 5.51. The van der Waals surface area contributed by atoms with E-state index in [1.165, 1.54) is 0 Å². The molecule has 0 fully saturated rings. The predicted molar refractivity (Wildman–Crippen MR) is 61.9 cm³/mol. The molecule has 0 aromatic heterocycles. The third-order valence-electron chi connectivity index (χ3n) is 1.96. The topological polar surface area (TPSA) is 47.6 Å². The van der Waals surface area contributed by atoms with E-state index in [0.29, 0.717) is 6.61 Å². The van der Waals surface area contributed by atoms with Crippen LogP contribution in [0.3, 0.4) is 0 Å². The summed E-state index contributed by atoms with van der Waals surface area (Å²) in [6.45, 7) is 5.41. The second-order valence-corrected chi connectivity index (χ2v) is 3.80. The summed E-state index contributed by atoms with van der Waals surface area (Å²) in [5.41, 5.74) is 2.51. The van der Waals surface area contributed by atoms with E-state index in [1.54, 1.807) is 20.8 Å². The molecule has 0 bridgehead atoms. The molecule has 0 aliphatic heterocycles. The number of para-hydroxylation sites is 1. The lowest BCUT2D eigenvalue weighted by atomic mass is 10.1. The minimum atomic E-state index is -1.01. The minimum absolute atomic E-state index is 0.344.